The van der Waals surface area contributed by atoms with Crippen LogP contribution >= 0.6 is 0 Å². The fourth-order valence-electron chi connectivity index (χ4n) is 2.62. The van der Waals surface area contributed by atoms with Gasteiger partial charge in [-0.15, -0.1) is 0 Å². The molecule has 0 saturated heterocycles. The quantitative estimate of drug-likeness (QED) is 0.280. The van der Waals surface area contributed by atoms with E-state index >= 15 is 0 Å². The molecule has 1 saturated carbocycles. The Bertz CT molecular complexity index is 645. The van der Waals surface area contributed by atoms with E-state index in [2.05, 4.69) is 5.32 Å². The maximum atomic E-state index is 12.2. The summed E-state index contributed by atoms with van der Waals surface area (Å²) in [6.07, 6.45) is 2.00. The first-order valence-electron chi connectivity index (χ1n) is 7.77. The summed E-state index contributed by atoms with van der Waals surface area (Å²) in [6.45, 7) is 1.46. The highest BCUT2D eigenvalue weighted by atomic mass is 16.6. The van der Waals surface area contributed by atoms with Crippen LogP contribution in [0.3, 0.4) is 0 Å². The third-order valence-electron chi connectivity index (χ3n) is 3.99. The average molecular weight is 331 g/mol. The molecule has 1 N–H and O–H groups in total. The first kappa shape index (κ1) is 17.8. The van der Waals surface area contributed by atoms with Gasteiger partial charge in [0.15, 0.2) is 11.6 Å². The van der Waals surface area contributed by atoms with Crippen molar-refractivity contribution >= 4 is 17.3 Å². The van der Waals surface area contributed by atoms with Crippen molar-refractivity contribution in [2.24, 2.45) is 0 Å². The molecule has 128 valence electrons. The van der Waals surface area contributed by atoms with Gasteiger partial charge in [-0.2, -0.15) is 0 Å². The summed E-state index contributed by atoms with van der Waals surface area (Å²) in [5.41, 5.74) is 0.992. The van der Waals surface area contributed by atoms with Crippen molar-refractivity contribution in [1.82, 2.24) is 10.2 Å². The van der Waals surface area contributed by atoms with Gasteiger partial charge in [-0.25, -0.2) is 0 Å². The Hall–Kier alpha value is -2.54. The van der Waals surface area contributed by atoms with Crippen LogP contribution in [0.5, 0.6) is 0 Å². The largest absolute Gasteiger partial charge is 0.389 e. The van der Waals surface area contributed by atoms with Crippen LogP contribution in [0, 0.1) is 10.1 Å². The molecule has 7 heteroatoms. The summed E-state index contributed by atoms with van der Waals surface area (Å²) in [6, 6.07) is 6.04. The lowest BCUT2D eigenvalue weighted by Gasteiger charge is -2.22. The van der Waals surface area contributed by atoms with E-state index in [1.807, 2.05) is 19.0 Å². The molecule has 0 bridgehead atoms. The number of ketones is 2. The number of allylic oxidation sites excluding steroid dienone is 1. The number of nitro groups is 1. The van der Waals surface area contributed by atoms with Crippen LogP contribution in [-0.4, -0.2) is 48.6 Å². The summed E-state index contributed by atoms with van der Waals surface area (Å²) in [4.78, 5) is 36.7. The fourth-order valence-corrected chi connectivity index (χ4v) is 2.62. The SMILES string of the molecule is CN(C)CCNC=C1C(=O)CC(c2ccc([N+](=O)[O-])cc2)CC1=O. The average Bonchev–Trinajstić information content (AvgIpc) is 2.53. The van der Waals surface area contributed by atoms with Gasteiger partial charge in [0.2, 0.25) is 0 Å². The highest BCUT2D eigenvalue weighted by Crippen LogP contribution is 2.32. The third-order valence-corrected chi connectivity index (χ3v) is 3.99. The van der Waals surface area contributed by atoms with Crippen LogP contribution < -0.4 is 5.32 Å². The fraction of sp³-hybridized carbons (Fsp3) is 0.412. The van der Waals surface area contributed by atoms with Crippen LogP contribution in [0.4, 0.5) is 5.69 Å². The zero-order valence-corrected chi connectivity index (χ0v) is 13.8. The second-order valence-electron chi connectivity index (χ2n) is 6.12. The molecule has 7 nitrogen and oxygen atoms in total. The molecule has 0 radical (unpaired) electrons. The highest BCUT2D eigenvalue weighted by molar-refractivity contribution is 6.22. The Morgan fingerprint density at radius 1 is 1.21 bits per heavy atom. The van der Waals surface area contributed by atoms with Gasteiger partial charge in [0, 0.05) is 44.3 Å². The summed E-state index contributed by atoms with van der Waals surface area (Å²) in [7, 11) is 3.89. The van der Waals surface area contributed by atoms with Gasteiger partial charge >= 0.3 is 0 Å². The molecule has 0 spiro atoms. The maximum Gasteiger partial charge on any atom is 0.269 e. The number of non-ortho nitro benzene ring substituents is 1. The number of nitrogens with one attached hydrogen (secondary N) is 1. The van der Waals surface area contributed by atoms with Crippen LogP contribution in [0.1, 0.15) is 24.3 Å². The van der Waals surface area contributed by atoms with Gasteiger partial charge in [0.1, 0.15) is 0 Å². The molecular weight excluding hydrogens is 310 g/mol. The number of rotatable bonds is 6. The van der Waals surface area contributed by atoms with E-state index in [4.69, 9.17) is 0 Å². The lowest BCUT2D eigenvalue weighted by atomic mass is 9.80. The molecule has 1 aromatic carbocycles. The Morgan fingerprint density at radius 3 is 2.29 bits per heavy atom. The number of hydrogen-bond donors (Lipinski definition) is 1. The van der Waals surface area contributed by atoms with Crippen LogP contribution in [0.15, 0.2) is 36.0 Å². The van der Waals surface area contributed by atoms with E-state index in [-0.39, 0.29) is 41.6 Å². The second-order valence-corrected chi connectivity index (χ2v) is 6.12. The monoisotopic (exact) mass is 331 g/mol. The number of carbonyl (C=O) groups excluding carboxylic acids is 2. The number of nitrogens with zero attached hydrogens (tertiary/aromatic N) is 2. The summed E-state index contributed by atoms with van der Waals surface area (Å²) in [5.74, 6) is -0.594. The zero-order chi connectivity index (χ0) is 17.7. The van der Waals surface area contributed by atoms with E-state index in [1.165, 1.54) is 18.3 Å². The van der Waals surface area contributed by atoms with Gasteiger partial charge in [-0.05, 0) is 25.6 Å². The Morgan fingerprint density at radius 2 is 1.79 bits per heavy atom. The Balaban J connectivity index is 2.02. The van der Waals surface area contributed by atoms with Crippen LogP contribution in [0.25, 0.3) is 0 Å². The standard InChI is InChI=1S/C17H21N3O4/c1-19(2)8-7-18-11-15-16(21)9-13(10-17(15)22)12-3-5-14(6-4-12)20(23)24/h3-6,11,13,18H,7-10H2,1-2H3. The molecule has 24 heavy (non-hydrogen) atoms. The van der Waals surface area contributed by atoms with Crippen molar-refractivity contribution in [3.8, 4) is 0 Å². The molecule has 1 fully saturated rings. The summed E-state index contributed by atoms with van der Waals surface area (Å²) in [5, 5.41) is 13.7. The minimum absolute atomic E-state index is 0.00195. The molecule has 1 aliphatic carbocycles. The van der Waals surface area contributed by atoms with Crippen molar-refractivity contribution < 1.29 is 14.5 Å². The number of likely N-dealkylation sites (N-methyl/N-ethyl adjacent to an activating group) is 1. The molecular formula is C17H21N3O4. The molecule has 1 aliphatic rings. The Kier molecular flexibility index (Phi) is 5.81. The van der Waals surface area contributed by atoms with Gasteiger partial charge < -0.3 is 10.2 Å². The van der Waals surface area contributed by atoms with Gasteiger partial charge in [0.05, 0.1) is 10.5 Å². The summed E-state index contributed by atoms with van der Waals surface area (Å²) >= 11 is 0. The molecule has 0 aromatic heterocycles. The van der Waals surface area contributed by atoms with E-state index < -0.39 is 4.92 Å². The topological polar surface area (TPSA) is 92.6 Å². The number of hydrogen-bond acceptors (Lipinski definition) is 6. The third kappa shape index (κ3) is 4.48. The van der Waals surface area contributed by atoms with Gasteiger partial charge in [-0.1, -0.05) is 12.1 Å². The Labute approximate surface area is 140 Å². The number of nitro benzene ring substituents is 1. The predicted molar refractivity (Wildman–Crippen MR) is 89.7 cm³/mol. The van der Waals surface area contributed by atoms with Crippen LogP contribution in [0.2, 0.25) is 0 Å². The van der Waals surface area contributed by atoms with Crippen molar-refractivity contribution in [2.75, 3.05) is 27.2 Å². The molecule has 1 aromatic rings. The normalized spacial score (nSPS) is 18.0. The van der Waals surface area contributed by atoms with Gasteiger partial charge in [0.25, 0.3) is 5.69 Å². The van der Waals surface area contributed by atoms with Crippen molar-refractivity contribution in [3.63, 3.8) is 0 Å². The maximum absolute atomic E-state index is 12.2. The minimum atomic E-state index is -0.471. The van der Waals surface area contributed by atoms with Crippen molar-refractivity contribution in [2.45, 2.75) is 18.8 Å². The van der Waals surface area contributed by atoms with E-state index in [0.717, 1.165) is 12.1 Å². The lowest BCUT2D eigenvalue weighted by Crippen LogP contribution is -2.28. The molecule has 0 unspecified atom stereocenters. The van der Waals surface area contributed by atoms with Crippen molar-refractivity contribution in [1.29, 1.82) is 0 Å². The van der Waals surface area contributed by atoms with Crippen molar-refractivity contribution in [3.05, 3.63) is 51.7 Å². The number of Topliss-reactive ketones (excluding diaryl/α,β-unsaturated/α-hetero) is 2. The van der Waals surface area contributed by atoms with Gasteiger partial charge in [-0.3, -0.25) is 19.7 Å². The molecule has 0 heterocycles. The number of carbonyl (C=O) groups is 2. The first-order valence-corrected chi connectivity index (χ1v) is 7.77. The van der Waals surface area contributed by atoms with E-state index in [1.54, 1.807) is 12.1 Å². The minimum Gasteiger partial charge on any atom is -0.389 e. The van der Waals surface area contributed by atoms with Crippen LogP contribution in [-0.2, 0) is 9.59 Å². The van der Waals surface area contributed by atoms with E-state index in [0.29, 0.717) is 6.54 Å². The predicted octanol–water partition coefficient (Wildman–Crippen LogP) is 1.65. The zero-order valence-electron chi connectivity index (χ0n) is 13.8. The molecule has 0 aliphatic heterocycles. The highest BCUT2D eigenvalue weighted by Gasteiger charge is 2.31. The second kappa shape index (κ2) is 7.83. The molecule has 0 amide bonds. The van der Waals surface area contributed by atoms with E-state index in [9.17, 15) is 19.7 Å². The molecule has 2 rings (SSSR count). The summed E-state index contributed by atoms with van der Waals surface area (Å²) < 4.78 is 0. The smallest absolute Gasteiger partial charge is 0.269 e. The molecule has 0 atom stereocenters. The first-order chi connectivity index (χ1) is 11.4. The number of benzene rings is 1. The lowest BCUT2D eigenvalue weighted by molar-refractivity contribution is -0.384.